The summed E-state index contributed by atoms with van der Waals surface area (Å²) in [5, 5.41) is 0. The lowest BCUT2D eigenvalue weighted by Crippen LogP contribution is -2.45. The molecule has 0 spiro atoms. The SMILES string of the molecule is COC(=O)C1(C)CCC1C=O. The fourth-order valence-electron chi connectivity index (χ4n) is 1.45. The van der Waals surface area contributed by atoms with Gasteiger partial charge in [0.15, 0.2) is 0 Å². The molecule has 3 nitrogen and oxygen atoms in total. The van der Waals surface area contributed by atoms with Crippen molar-refractivity contribution in [2.24, 2.45) is 11.3 Å². The standard InChI is InChI=1S/C8H12O3/c1-8(7(10)11-2)4-3-6(8)5-9/h5-6H,3-4H2,1-2H3. The molecule has 1 rings (SSSR count). The third kappa shape index (κ3) is 1.04. The second-order valence-electron chi connectivity index (χ2n) is 3.19. The highest BCUT2D eigenvalue weighted by Gasteiger charge is 2.49. The maximum atomic E-state index is 11.1. The van der Waals surface area contributed by atoms with Gasteiger partial charge in [0.05, 0.1) is 12.5 Å². The molecule has 0 N–H and O–H groups in total. The third-order valence-corrected chi connectivity index (χ3v) is 2.61. The molecular formula is C8H12O3. The number of carbonyl (C=O) groups excluding carboxylic acids is 2. The molecule has 1 fully saturated rings. The maximum absolute atomic E-state index is 11.1. The third-order valence-electron chi connectivity index (χ3n) is 2.61. The molecular weight excluding hydrogens is 144 g/mol. The molecule has 0 aromatic carbocycles. The average Bonchev–Trinajstić information content (AvgIpc) is 2.00. The number of carbonyl (C=O) groups is 2. The quantitative estimate of drug-likeness (QED) is 0.438. The van der Waals surface area contributed by atoms with Gasteiger partial charge < -0.3 is 9.53 Å². The Balaban J connectivity index is 2.67. The average molecular weight is 156 g/mol. The Morgan fingerprint density at radius 3 is 2.64 bits per heavy atom. The van der Waals surface area contributed by atoms with Crippen molar-refractivity contribution in [3.8, 4) is 0 Å². The zero-order valence-electron chi connectivity index (χ0n) is 6.79. The minimum Gasteiger partial charge on any atom is -0.469 e. The Kier molecular flexibility index (Phi) is 1.98. The van der Waals surface area contributed by atoms with Gasteiger partial charge in [-0.15, -0.1) is 0 Å². The number of hydrogen-bond acceptors (Lipinski definition) is 3. The van der Waals surface area contributed by atoms with Crippen LogP contribution in [0.15, 0.2) is 0 Å². The lowest BCUT2D eigenvalue weighted by Gasteiger charge is -2.40. The van der Waals surface area contributed by atoms with E-state index in [0.29, 0.717) is 0 Å². The minimum atomic E-state index is -0.531. The van der Waals surface area contributed by atoms with E-state index in [1.54, 1.807) is 6.92 Å². The highest BCUT2D eigenvalue weighted by Crippen LogP contribution is 2.45. The van der Waals surface area contributed by atoms with E-state index < -0.39 is 5.41 Å². The first-order valence-corrected chi connectivity index (χ1v) is 3.69. The van der Waals surface area contributed by atoms with Gasteiger partial charge in [0.1, 0.15) is 6.29 Å². The van der Waals surface area contributed by atoms with Crippen LogP contribution in [0.5, 0.6) is 0 Å². The molecule has 2 atom stereocenters. The molecule has 0 aromatic heterocycles. The number of esters is 1. The first-order valence-electron chi connectivity index (χ1n) is 3.69. The van der Waals surface area contributed by atoms with Gasteiger partial charge in [-0.05, 0) is 19.8 Å². The molecule has 0 heterocycles. The molecule has 0 amide bonds. The van der Waals surface area contributed by atoms with Crippen molar-refractivity contribution in [1.29, 1.82) is 0 Å². The second-order valence-corrected chi connectivity index (χ2v) is 3.19. The van der Waals surface area contributed by atoms with Crippen LogP contribution in [0.4, 0.5) is 0 Å². The van der Waals surface area contributed by atoms with Crippen LogP contribution >= 0.6 is 0 Å². The summed E-state index contributed by atoms with van der Waals surface area (Å²) in [6.45, 7) is 1.78. The van der Waals surface area contributed by atoms with Crippen molar-refractivity contribution in [1.82, 2.24) is 0 Å². The van der Waals surface area contributed by atoms with Gasteiger partial charge in [-0.1, -0.05) is 0 Å². The Labute approximate surface area is 65.7 Å². The number of rotatable bonds is 2. The summed E-state index contributed by atoms with van der Waals surface area (Å²) in [6.07, 6.45) is 2.43. The van der Waals surface area contributed by atoms with Crippen LogP contribution < -0.4 is 0 Å². The predicted octanol–water partition coefficient (Wildman–Crippen LogP) is 0.775. The Morgan fingerprint density at radius 1 is 1.73 bits per heavy atom. The van der Waals surface area contributed by atoms with Crippen molar-refractivity contribution < 1.29 is 14.3 Å². The van der Waals surface area contributed by atoms with E-state index in [0.717, 1.165) is 19.1 Å². The van der Waals surface area contributed by atoms with Gasteiger partial charge in [0.2, 0.25) is 0 Å². The van der Waals surface area contributed by atoms with E-state index in [9.17, 15) is 9.59 Å². The van der Waals surface area contributed by atoms with Gasteiger partial charge in [0, 0.05) is 5.92 Å². The van der Waals surface area contributed by atoms with E-state index in [2.05, 4.69) is 4.74 Å². The molecule has 0 bridgehead atoms. The molecule has 1 aliphatic carbocycles. The maximum Gasteiger partial charge on any atom is 0.312 e. The predicted molar refractivity (Wildman–Crippen MR) is 38.9 cm³/mol. The number of hydrogen-bond donors (Lipinski definition) is 0. The van der Waals surface area contributed by atoms with Crippen molar-refractivity contribution in [2.75, 3.05) is 7.11 Å². The zero-order chi connectivity index (χ0) is 8.48. The van der Waals surface area contributed by atoms with Gasteiger partial charge in [0.25, 0.3) is 0 Å². The minimum absolute atomic E-state index is 0.130. The first kappa shape index (κ1) is 8.24. The zero-order valence-corrected chi connectivity index (χ0v) is 6.79. The summed E-state index contributed by atoms with van der Waals surface area (Å²) in [7, 11) is 1.35. The number of ether oxygens (including phenoxy) is 1. The van der Waals surface area contributed by atoms with Crippen LogP contribution in [-0.4, -0.2) is 19.4 Å². The van der Waals surface area contributed by atoms with Crippen LogP contribution in [0, 0.1) is 11.3 Å². The lowest BCUT2D eigenvalue weighted by atomic mass is 9.62. The second kappa shape index (κ2) is 2.64. The fourth-order valence-corrected chi connectivity index (χ4v) is 1.45. The topological polar surface area (TPSA) is 43.4 Å². The van der Waals surface area contributed by atoms with Gasteiger partial charge in [-0.2, -0.15) is 0 Å². The molecule has 0 radical (unpaired) electrons. The monoisotopic (exact) mass is 156 g/mol. The molecule has 0 aromatic rings. The Hall–Kier alpha value is -0.860. The normalized spacial score (nSPS) is 35.6. The van der Waals surface area contributed by atoms with Gasteiger partial charge in [-0.25, -0.2) is 0 Å². The highest BCUT2D eigenvalue weighted by molar-refractivity contribution is 5.82. The fraction of sp³-hybridized carbons (Fsp3) is 0.750. The van der Waals surface area contributed by atoms with E-state index in [4.69, 9.17) is 0 Å². The van der Waals surface area contributed by atoms with Gasteiger partial charge in [-0.3, -0.25) is 4.79 Å². The van der Waals surface area contributed by atoms with Crippen molar-refractivity contribution in [2.45, 2.75) is 19.8 Å². The summed E-state index contributed by atoms with van der Waals surface area (Å²) in [6, 6.07) is 0. The first-order chi connectivity index (χ1) is 5.15. The number of aldehydes is 1. The molecule has 0 saturated heterocycles. The Morgan fingerprint density at radius 2 is 2.36 bits per heavy atom. The molecule has 0 aliphatic heterocycles. The van der Waals surface area contributed by atoms with Gasteiger partial charge >= 0.3 is 5.97 Å². The lowest BCUT2D eigenvalue weighted by molar-refractivity contribution is -0.164. The van der Waals surface area contributed by atoms with Crippen molar-refractivity contribution in [3.63, 3.8) is 0 Å². The summed E-state index contributed by atoms with van der Waals surface area (Å²) in [4.78, 5) is 21.5. The van der Waals surface area contributed by atoms with E-state index in [1.807, 2.05) is 0 Å². The Bertz CT molecular complexity index is 188. The summed E-state index contributed by atoms with van der Waals surface area (Å²) in [5.74, 6) is -0.393. The van der Waals surface area contributed by atoms with E-state index in [-0.39, 0.29) is 11.9 Å². The molecule has 11 heavy (non-hydrogen) atoms. The molecule has 3 heteroatoms. The van der Waals surface area contributed by atoms with E-state index in [1.165, 1.54) is 7.11 Å². The summed E-state index contributed by atoms with van der Waals surface area (Å²) in [5.41, 5.74) is -0.531. The molecule has 1 saturated carbocycles. The summed E-state index contributed by atoms with van der Waals surface area (Å²) >= 11 is 0. The molecule has 62 valence electrons. The van der Waals surface area contributed by atoms with Crippen LogP contribution in [0.3, 0.4) is 0 Å². The largest absolute Gasteiger partial charge is 0.469 e. The van der Waals surface area contributed by atoms with E-state index >= 15 is 0 Å². The smallest absolute Gasteiger partial charge is 0.312 e. The van der Waals surface area contributed by atoms with Crippen molar-refractivity contribution >= 4 is 12.3 Å². The van der Waals surface area contributed by atoms with Crippen LogP contribution in [0.25, 0.3) is 0 Å². The van der Waals surface area contributed by atoms with Crippen LogP contribution in [0.1, 0.15) is 19.8 Å². The van der Waals surface area contributed by atoms with Crippen molar-refractivity contribution in [3.05, 3.63) is 0 Å². The summed E-state index contributed by atoms with van der Waals surface area (Å²) < 4.78 is 4.59. The van der Waals surface area contributed by atoms with Crippen LogP contribution in [-0.2, 0) is 14.3 Å². The van der Waals surface area contributed by atoms with Crippen LogP contribution in [0.2, 0.25) is 0 Å². The highest BCUT2D eigenvalue weighted by atomic mass is 16.5. The number of methoxy groups -OCH3 is 1. The molecule has 1 aliphatic rings. The molecule has 2 unspecified atom stereocenters.